The zero-order valence-electron chi connectivity index (χ0n) is 17.0. The highest BCUT2D eigenvalue weighted by atomic mass is 79.9. The standard InChI is InChI=1S/C21H31BrN2O4/c1-4-23-20(26)21(10-8-7-9-11-21)24-19(25)13-15-12-17(27-5-2)18(28-6-3)14-16(15)22/h12,14H,4-11,13H2,1-3H3,(H,23,26)(H,24,25). The van der Waals surface area contributed by atoms with Crippen molar-refractivity contribution in [1.82, 2.24) is 10.6 Å². The highest BCUT2D eigenvalue weighted by Gasteiger charge is 2.40. The van der Waals surface area contributed by atoms with E-state index in [1.54, 1.807) is 0 Å². The van der Waals surface area contributed by atoms with Gasteiger partial charge in [-0.1, -0.05) is 35.2 Å². The molecule has 156 valence electrons. The molecule has 6 nitrogen and oxygen atoms in total. The molecule has 1 aliphatic rings. The molecule has 28 heavy (non-hydrogen) atoms. The van der Waals surface area contributed by atoms with Gasteiger partial charge >= 0.3 is 0 Å². The third-order valence-electron chi connectivity index (χ3n) is 4.92. The minimum absolute atomic E-state index is 0.0798. The molecule has 0 atom stereocenters. The molecule has 1 aliphatic carbocycles. The number of nitrogens with one attached hydrogen (secondary N) is 2. The fourth-order valence-corrected chi connectivity index (χ4v) is 4.09. The number of amides is 2. The summed E-state index contributed by atoms with van der Waals surface area (Å²) in [6, 6.07) is 3.66. The lowest BCUT2D eigenvalue weighted by Crippen LogP contribution is -2.60. The van der Waals surface area contributed by atoms with Crippen LogP contribution >= 0.6 is 15.9 Å². The molecule has 1 saturated carbocycles. The number of likely N-dealkylation sites (N-methyl/N-ethyl adjacent to an activating group) is 1. The monoisotopic (exact) mass is 454 g/mol. The van der Waals surface area contributed by atoms with E-state index in [-0.39, 0.29) is 18.2 Å². The largest absolute Gasteiger partial charge is 0.490 e. The molecule has 0 aromatic heterocycles. The van der Waals surface area contributed by atoms with Crippen LogP contribution in [-0.2, 0) is 16.0 Å². The Labute approximate surface area is 175 Å². The number of rotatable bonds is 9. The maximum absolute atomic E-state index is 12.8. The third kappa shape index (κ3) is 5.63. The van der Waals surface area contributed by atoms with Gasteiger partial charge in [-0.2, -0.15) is 0 Å². The number of hydrogen-bond donors (Lipinski definition) is 2. The Balaban J connectivity index is 2.18. The summed E-state index contributed by atoms with van der Waals surface area (Å²) in [5.41, 5.74) is -0.00231. The van der Waals surface area contributed by atoms with E-state index in [1.165, 1.54) is 0 Å². The second kappa shape index (κ2) is 10.7. The Bertz CT molecular complexity index is 687. The number of carbonyl (C=O) groups is 2. The van der Waals surface area contributed by atoms with Crippen LogP contribution in [0, 0.1) is 0 Å². The molecule has 7 heteroatoms. The van der Waals surface area contributed by atoms with Gasteiger partial charge in [0.25, 0.3) is 0 Å². The first-order chi connectivity index (χ1) is 13.5. The van der Waals surface area contributed by atoms with Crippen molar-refractivity contribution in [3.63, 3.8) is 0 Å². The van der Waals surface area contributed by atoms with Crippen LogP contribution in [0.25, 0.3) is 0 Å². The lowest BCUT2D eigenvalue weighted by atomic mass is 9.80. The fourth-order valence-electron chi connectivity index (χ4n) is 3.63. The zero-order chi connectivity index (χ0) is 20.6. The first-order valence-electron chi connectivity index (χ1n) is 10.1. The van der Waals surface area contributed by atoms with Gasteiger partial charge in [0.1, 0.15) is 5.54 Å². The smallest absolute Gasteiger partial charge is 0.245 e. The van der Waals surface area contributed by atoms with E-state index in [4.69, 9.17) is 9.47 Å². The SMILES string of the molecule is CCNC(=O)C1(NC(=O)Cc2cc(OCC)c(OCC)cc2Br)CCCCC1. The molecule has 2 amide bonds. The molecular weight excluding hydrogens is 424 g/mol. The molecule has 1 aromatic rings. The number of ether oxygens (including phenoxy) is 2. The molecule has 0 spiro atoms. The van der Waals surface area contributed by atoms with Crippen molar-refractivity contribution < 1.29 is 19.1 Å². The van der Waals surface area contributed by atoms with Gasteiger partial charge in [0, 0.05) is 11.0 Å². The van der Waals surface area contributed by atoms with Crippen molar-refractivity contribution in [1.29, 1.82) is 0 Å². The predicted octanol–water partition coefficient (Wildman–Crippen LogP) is 3.74. The fraction of sp³-hybridized carbons (Fsp3) is 0.619. The van der Waals surface area contributed by atoms with E-state index < -0.39 is 5.54 Å². The summed E-state index contributed by atoms with van der Waals surface area (Å²) in [5, 5.41) is 5.92. The Morgan fingerprint density at radius 1 is 1.04 bits per heavy atom. The van der Waals surface area contributed by atoms with Crippen LogP contribution in [0.5, 0.6) is 11.5 Å². The van der Waals surface area contributed by atoms with Crippen LogP contribution in [0.4, 0.5) is 0 Å². The molecule has 1 fully saturated rings. The van der Waals surface area contributed by atoms with Crippen molar-refractivity contribution in [2.24, 2.45) is 0 Å². The molecule has 1 aromatic carbocycles. The van der Waals surface area contributed by atoms with Gasteiger partial charge in [-0.05, 0) is 51.3 Å². The van der Waals surface area contributed by atoms with Crippen LogP contribution in [0.2, 0.25) is 0 Å². The summed E-state index contributed by atoms with van der Waals surface area (Å²) in [6.45, 7) is 7.30. The summed E-state index contributed by atoms with van der Waals surface area (Å²) in [4.78, 5) is 25.5. The van der Waals surface area contributed by atoms with Gasteiger partial charge in [0.05, 0.1) is 19.6 Å². The quantitative estimate of drug-likeness (QED) is 0.595. The van der Waals surface area contributed by atoms with Crippen molar-refractivity contribution in [3.05, 3.63) is 22.2 Å². The van der Waals surface area contributed by atoms with E-state index in [0.717, 1.165) is 29.3 Å². The Morgan fingerprint density at radius 2 is 1.64 bits per heavy atom. The summed E-state index contributed by atoms with van der Waals surface area (Å²) in [5.74, 6) is 1.02. The minimum atomic E-state index is -0.800. The topological polar surface area (TPSA) is 76.7 Å². The predicted molar refractivity (Wildman–Crippen MR) is 113 cm³/mol. The number of carbonyl (C=O) groups excluding carboxylic acids is 2. The normalized spacial score (nSPS) is 15.6. The molecule has 0 radical (unpaired) electrons. The van der Waals surface area contributed by atoms with Crippen LogP contribution in [0.3, 0.4) is 0 Å². The van der Waals surface area contributed by atoms with Gasteiger partial charge in [-0.3, -0.25) is 9.59 Å². The molecule has 2 N–H and O–H groups in total. The molecule has 0 bridgehead atoms. The van der Waals surface area contributed by atoms with Crippen molar-refractivity contribution in [2.75, 3.05) is 19.8 Å². The average molecular weight is 455 g/mol. The first kappa shape index (κ1) is 22.5. The van der Waals surface area contributed by atoms with Crippen LogP contribution < -0.4 is 20.1 Å². The van der Waals surface area contributed by atoms with Crippen LogP contribution in [0.15, 0.2) is 16.6 Å². The molecular formula is C21H31BrN2O4. The lowest BCUT2D eigenvalue weighted by Gasteiger charge is -2.36. The first-order valence-corrected chi connectivity index (χ1v) is 10.9. The Kier molecular flexibility index (Phi) is 8.60. The van der Waals surface area contributed by atoms with Gasteiger partial charge in [-0.15, -0.1) is 0 Å². The van der Waals surface area contributed by atoms with Crippen molar-refractivity contribution >= 4 is 27.7 Å². The Hall–Kier alpha value is -1.76. The number of hydrogen-bond acceptors (Lipinski definition) is 4. The Morgan fingerprint density at radius 3 is 2.21 bits per heavy atom. The van der Waals surface area contributed by atoms with Crippen molar-refractivity contribution in [2.45, 2.75) is 64.8 Å². The number of halogens is 1. The molecule has 0 heterocycles. The van der Waals surface area contributed by atoms with E-state index in [2.05, 4.69) is 26.6 Å². The second-order valence-electron chi connectivity index (χ2n) is 6.98. The molecule has 0 aliphatic heterocycles. The third-order valence-corrected chi connectivity index (χ3v) is 5.66. The van der Waals surface area contributed by atoms with Crippen molar-refractivity contribution in [3.8, 4) is 11.5 Å². The molecule has 0 unspecified atom stereocenters. The number of benzene rings is 1. The summed E-state index contributed by atoms with van der Waals surface area (Å²) in [7, 11) is 0. The van der Waals surface area contributed by atoms with Gasteiger partial charge in [0.2, 0.25) is 11.8 Å². The van der Waals surface area contributed by atoms with Crippen LogP contribution in [0.1, 0.15) is 58.4 Å². The zero-order valence-corrected chi connectivity index (χ0v) is 18.6. The highest BCUT2D eigenvalue weighted by molar-refractivity contribution is 9.10. The lowest BCUT2D eigenvalue weighted by molar-refractivity contribution is -0.134. The van der Waals surface area contributed by atoms with Crippen LogP contribution in [-0.4, -0.2) is 37.1 Å². The summed E-state index contributed by atoms with van der Waals surface area (Å²) < 4.78 is 12.1. The van der Waals surface area contributed by atoms with E-state index in [1.807, 2.05) is 32.9 Å². The maximum atomic E-state index is 12.8. The minimum Gasteiger partial charge on any atom is -0.490 e. The van der Waals surface area contributed by atoms with Gasteiger partial charge in [-0.25, -0.2) is 0 Å². The summed E-state index contributed by atoms with van der Waals surface area (Å²) in [6.07, 6.45) is 4.50. The maximum Gasteiger partial charge on any atom is 0.245 e. The second-order valence-corrected chi connectivity index (χ2v) is 7.84. The van der Waals surface area contributed by atoms with E-state index in [0.29, 0.717) is 44.1 Å². The summed E-state index contributed by atoms with van der Waals surface area (Å²) >= 11 is 3.53. The van der Waals surface area contributed by atoms with E-state index >= 15 is 0 Å². The highest BCUT2D eigenvalue weighted by Crippen LogP contribution is 2.34. The average Bonchev–Trinajstić information content (AvgIpc) is 2.66. The molecule has 0 saturated heterocycles. The van der Waals surface area contributed by atoms with Gasteiger partial charge in [0.15, 0.2) is 11.5 Å². The molecule has 2 rings (SSSR count). The van der Waals surface area contributed by atoms with Gasteiger partial charge < -0.3 is 20.1 Å². The van der Waals surface area contributed by atoms with E-state index in [9.17, 15) is 9.59 Å².